The number of carbonyl (C=O) groups is 1. The van der Waals surface area contributed by atoms with E-state index in [2.05, 4.69) is 20.5 Å². The number of pyridine rings is 1. The minimum atomic E-state index is -0.168. The molecule has 1 aliphatic heterocycles. The molecule has 1 fully saturated rings. The molecule has 2 atom stereocenters. The van der Waals surface area contributed by atoms with Crippen LogP contribution in [0.4, 0.5) is 10.5 Å². The van der Waals surface area contributed by atoms with Crippen molar-refractivity contribution < 1.29 is 4.79 Å². The summed E-state index contributed by atoms with van der Waals surface area (Å²) in [6.07, 6.45) is 5.52. The van der Waals surface area contributed by atoms with Crippen LogP contribution in [0.25, 0.3) is 5.65 Å². The van der Waals surface area contributed by atoms with Crippen molar-refractivity contribution in [3.05, 3.63) is 42.1 Å². The first-order valence-electron chi connectivity index (χ1n) is 8.12. The number of amides is 2. The maximum Gasteiger partial charge on any atom is 0.321 e. The highest BCUT2D eigenvalue weighted by molar-refractivity contribution is 5.89. The Bertz CT molecular complexity index is 929. The second kappa shape index (κ2) is 5.85. The third kappa shape index (κ3) is 2.93. The fourth-order valence-electron chi connectivity index (χ4n) is 3.25. The lowest BCUT2D eigenvalue weighted by Crippen LogP contribution is -2.35. The van der Waals surface area contributed by atoms with Gasteiger partial charge in [-0.3, -0.25) is 4.68 Å². The van der Waals surface area contributed by atoms with Crippen molar-refractivity contribution in [3.63, 3.8) is 0 Å². The number of aryl methyl sites for hydroxylation is 2. The predicted molar refractivity (Wildman–Crippen MR) is 92.2 cm³/mol. The van der Waals surface area contributed by atoms with Crippen LogP contribution < -0.4 is 11.1 Å². The highest BCUT2D eigenvalue weighted by Crippen LogP contribution is 2.26. The molecule has 0 aromatic carbocycles. The van der Waals surface area contributed by atoms with Gasteiger partial charge in [0.1, 0.15) is 5.82 Å². The van der Waals surface area contributed by atoms with Gasteiger partial charge < -0.3 is 16.0 Å². The summed E-state index contributed by atoms with van der Waals surface area (Å²) in [6, 6.07) is 3.37. The lowest BCUT2D eigenvalue weighted by Gasteiger charge is -2.17. The van der Waals surface area contributed by atoms with Crippen molar-refractivity contribution in [2.24, 2.45) is 12.8 Å². The van der Waals surface area contributed by atoms with Gasteiger partial charge in [-0.25, -0.2) is 14.3 Å². The summed E-state index contributed by atoms with van der Waals surface area (Å²) in [6.45, 7) is 2.91. The van der Waals surface area contributed by atoms with Gasteiger partial charge >= 0.3 is 6.03 Å². The molecular formula is C16H20N8O. The second-order valence-corrected chi connectivity index (χ2v) is 6.43. The van der Waals surface area contributed by atoms with Gasteiger partial charge in [-0.1, -0.05) is 0 Å². The number of hydrogen-bond acceptors (Lipinski definition) is 5. The first kappa shape index (κ1) is 15.6. The monoisotopic (exact) mass is 340 g/mol. The van der Waals surface area contributed by atoms with Crippen LogP contribution in [0, 0.1) is 6.92 Å². The van der Waals surface area contributed by atoms with Crippen LogP contribution in [0.3, 0.4) is 0 Å². The van der Waals surface area contributed by atoms with Crippen LogP contribution in [-0.4, -0.2) is 54.4 Å². The van der Waals surface area contributed by atoms with Gasteiger partial charge in [0.25, 0.3) is 0 Å². The van der Waals surface area contributed by atoms with Gasteiger partial charge in [-0.05, 0) is 24.6 Å². The Balaban J connectivity index is 1.47. The Morgan fingerprint density at radius 1 is 1.32 bits per heavy atom. The van der Waals surface area contributed by atoms with Crippen molar-refractivity contribution >= 4 is 17.4 Å². The highest BCUT2D eigenvalue weighted by atomic mass is 16.2. The SMILES string of the molecule is Cc1nc2ccc(NC(=O)N3C[C@@H](N)[C@H](c4cnn(C)c4)C3)cn2n1. The van der Waals surface area contributed by atoms with Gasteiger partial charge in [-0.15, -0.1) is 0 Å². The zero-order valence-corrected chi connectivity index (χ0v) is 14.1. The predicted octanol–water partition coefficient (Wildman–Crippen LogP) is 0.730. The van der Waals surface area contributed by atoms with Crippen LogP contribution in [-0.2, 0) is 7.05 Å². The number of fused-ring (bicyclic) bond motifs is 1. The molecule has 1 saturated heterocycles. The number of nitrogens with zero attached hydrogens (tertiary/aromatic N) is 6. The Labute approximate surface area is 144 Å². The molecule has 3 N–H and O–H groups in total. The van der Waals surface area contributed by atoms with Crippen LogP contribution in [0.5, 0.6) is 0 Å². The van der Waals surface area contributed by atoms with Crippen molar-refractivity contribution in [3.8, 4) is 0 Å². The summed E-state index contributed by atoms with van der Waals surface area (Å²) in [4.78, 5) is 18.6. The number of nitrogens with one attached hydrogen (secondary N) is 1. The lowest BCUT2D eigenvalue weighted by molar-refractivity contribution is 0.221. The molecular weight excluding hydrogens is 320 g/mol. The number of anilines is 1. The Morgan fingerprint density at radius 3 is 2.92 bits per heavy atom. The number of urea groups is 1. The van der Waals surface area contributed by atoms with Crippen LogP contribution in [0.15, 0.2) is 30.7 Å². The molecule has 9 nitrogen and oxygen atoms in total. The molecule has 3 aromatic rings. The summed E-state index contributed by atoms with van der Waals surface area (Å²) in [7, 11) is 1.87. The van der Waals surface area contributed by atoms with Gasteiger partial charge in [0.15, 0.2) is 5.65 Å². The Hall–Kier alpha value is -2.94. The normalized spacial score (nSPS) is 20.4. The molecule has 0 saturated carbocycles. The van der Waals surface area contributed by atoms with E-state index in [0.717, 1.165) is 11.2 Å². The fourth-order valence-corrected chi connectivity index (χ4v) is 3.25. The zero-order valence-electron chi connectivity index (χ0n) is 14.1. The van der Waals surface area contributed by atoms with Gasteiger partial charge in [0.05, 0.1) is 18.1 Å². The summed E-state index contributed by atoms with van der Waals surface area (Å²) < 4.78 is 3.40. The molecule has 3 aromatic heterocycles. The van der Waals surface area contributed by atoms with Crippen molar-refractivity contribution in [2.45, 2.75) is 18.9 Å². The van der Waals surface area contributed by atoms with Crippen LogP contribution >= 0.6 is 0 Å². The summed E-state index contributed by atoms with van der Waals surface area (Å²) in [5.41, 5.74) is 8.71. The number of nitrogens with two attached hydrogens (primary N) is 1. The van der Waals surface area contributed by atoms with E-state index in [1.807, 2.05) is 38.5 Å². The van der Waals surface area contributed by atoms with Crippen molar-refractivity contribution in [1.29, 1.82) is 0 Å². The molecule has 4 heterocycles. The molecule has 25 heavy (non-hydrogen) atoms. The molecule has 130 valence electrons. The third-order valence-electron chi connectivity index (χ3n) is 4.49. The summed E-state index contributed by atoms with van der Waals surface area (Å²) in [5, 5.41) is 11.4. The molecule has 0 spiro atoms. The van der Waals surface area contributed by atoms with Gasteiger partial charge in [0.2, 0.25) is 0 Å². The lowest BCUT2D eigenvalue weighted by atomic mass is 9.98. The van der Waals surface area contributed by atoms with Crippen molar-refractivity contribution in [2.75, 3.05) is 18.4 Å². The number of hydrogen-bond donors (Lipinski definition) is 2. The molecule has 0 aliphatic carbocycles. The molecule has 1 aliphatic rings. The largest absolute Gasteiger partial charge is 0.326 e. The zero-order chi connectivity index (χ0) is 17.6. The van der Waals surface area contributed by atoms with E-state index >= 15 is 0 Å². The number of aromatic nitrogens is 5. The van der Waals surface area contributed by atoms with Gasteiger partial charge in [-0.2, -0.15) is 10.2 Å². The summed E-state index contributed by atoms with van der Waals surface area (Å²) in [5.74, 6) is 0.785. The molecule has 2 amide bonds. The standard InChI is InChI=1S/C16H20N8O/c1-10-19-15-4-3-12(7-24(15)21-10)20-16(25)23-8-13(14(17)9-23)11-5-18-22(2)6-11/h3-7,13-14H,8-9,17H2,1-2H3,(H,20,25)/t13-,14+/m0/s1. The minimum absolute atomic E-state index is 0.0971. The average Bonchev–Trinajstić information content (AvgIpc) is 3.24. The third-order valence-corrected chi connectivity index (χ3v) is 4.49. The average molecular weight is 340 g/mol. The minimum Gasteiger partial charge on any atom is -0.326 e. The fraction of sp³-hybridized carbons (Fsp3) is 0.375. The second-order valence-electron chi connectivity index (χ2n) is 6.43. The molecule has 9 heteroatoms. The van der Waals surface area contributed by atoms with E-state index in [9.17, 15) is 4.79 Å². The van der Waals surface area contributed by atoms with E-state index in [-0.39, 0.29) is 18.0 Å². The van der Waals surface area contributed by atoms with Crippen molar-refractivity contribution in [1.82, 2.24) is 29.3 Å². The Kier molecular flexibility index (Phi) is 3.65. The molecule has 0 radical (unpaired) electrons. The number of likely N-dealkylation sites (tertiary alicyclic amines) is 1. The smallest absolute Gasteiger partial charge is 0.321 e. The van der Waals surface area contributed by atoms with E-state index < -0.39 is 0 Å². The first-order valence-corrected chi connectivity index (χ1v) is 8.12. The molecule has 0 bridgehead atoms. The topological polar surface area (TPSA) is 106 Å². The van der Waals surface area contributed by atoms with E-state index in [4.69, 9.17) is 5.73 Å². The maximum absolute atomic E-state index is 12.6. The first-order chi connectivity index (χ1) is 12.0. The van der Waals surface area contributed by atoms with E-state index in [1.165, 1.54) is 0 Å². The number of carbonyl (C=O) groups excluding carboxylic acids is 1. The quantitative estimate of drug-likeness (QED) is 0.715. The van der Waals surface area contributed by atoms with Crippen LogP contribution in [0.2, 0.25) is 0 Å². The Morgan fingerprint density at radius 2 is 2.16 bits per heavy atom. The van der Waals surface area contributed by atoms with E-state index in [0.29, 0.717) is 24.6 Å². The van der Waals surface area contributed by atoms with Crippen LogP contribution in [0.1, 0.15) is 17.3 Å². The molecule has 4 rings (SSSR count). The van der Waals surface area contributed by atoms with E-state index in [1.54, 1.807) is 20.3 Å². The molecule has 0 unspecified atom stereocenters. The maximum atomic E-state index is 12.6. The van der Waals surface area contributed by atoms with Gasteiger partial charge in [0, 0.05) is 38.3 Å². The summed E-state index contributed by atoms with van der Waals surface area (Å²) >= 11 is 0. The highest BCUT2D eigenvalue weighted by Gasteiger charge is 2.34. The number of rotatable bonds is 2.